The van der Waals surface area contributed by atoms with Gasteiger partial charge in [0.2, 0.25) is 0 Å². The summed E-state index contributed by atoms with van der Waals surface area (Å²) in [4.78, 5) is 0. The second-order valence-corrected chi connectivity index (χ2v) is 4.14. The van der Waals surface area contributed by atoms with Gasteiger partial charge in [0.15, 0.2) is 0 Å². The lowest BCUT2D eigenvalue weighted by Gasteiger charge is -2.28. The number of fused-ring (bicyclic) bond motifs is 1. The van der Waals surface area contributed by atoms with E-state index >= 15 is 0 Å². The van der Waals surface area contributed by atoms with Gasteiger partial charge in [-0.05, 0) is 12.1 Å². The Labute approximate surface area is 116 Å². The summed E-state index contributed by atoms with van der Waals surface area (Å²) in [6, 6.07) is -0.349. The number of hydrogen-bond acceptors (Lipinski definition) is 2. The number of hydrogen-bond donors (Lipinski definition) is 1. The van der Waals surface area contributed by atoms with E-state index in [4.69, 9.17) is 10.5 Å². The maximum absolute atomic E-state index is 12.8. The number of ether oxygens (including phenoxy) is 1. The number of halogens is 7. The highest BCUT2D eigenvalue weighted by molar-refractivity contribution is 5.85. The fourth-order valence-electron chi connectivity index (χ4n) is 2.03. The molecule has 0 spiro atoms. The summed E-state index contributed by atoms with van der Waals surface area (Å²) >= 11 is 0. The lowest BCUT2D eigenvalue weighted by atomic mass is 9.92. The highest BCUT2D eigenvalue weighted by Crippen LogP contribution is 2.47. The van der Waals surface area contributed by atoms with Crippen molar-refractivity contribution in [1.82, 2.24) is 0 Å². The van der Waals surface area contributed by atoms with Gasteiger partial charge in [0, 0.05) is 18.0 Å². The van der Waals surface area contributed by atoms with Crippen LogP contribution in [-0.4, -0.2) is 6.61 Å². The first-order valence-electron chi connectivity index (χ1n) is 5.32. The summed E-state index contributed by atoms with van der Waals surface area (Å²) in [5, 5.41) is 0. The van der Waals surface area contributed by atoms with Gasteiger partial charge in [0.25, 0.3) is 0 Å². The largest absolute Gasteiger partial charge is 0.493 e. The summed E-state index contributed by atoms with van der Waals surface area (Å²) in [7, 11) is 0. The molecule has 2 N–H and O–H groups in total. The van der Waals surface area contributed by atoms with Crippen LogP contribution >= 0.6 is 12.4 Å². The molecular weight excluding hydrogens is 312 g/mol. The molecule has 2 nitrogen and oxygen atoms in total. The van der Waals surface area contributed by atoms with Crippen LogP contribution in [0.25, 0.3) is 0 Å². The van der Waals surface area contributed by atoms with E-state index in [0.29, 0.717) is 12.1 Å². The van der Waals surface area contributed by atoms with Crippen molar-refractivity contribution in [2.45, 2.75) is 24.8 Å². The number of rotatable bonds is 0. The molecular formula is C11H10ClF6NO. The summed E-state index contributed by atoms with van der Waals surface area (Å²) in [6.07, 6.45) is -9.52. The lowest BCUT2D eigenvalue weighted by Crippen LogP contribution is -2.27. The molecule has 0 aromatic heterocycles. The zero-order valence-corrected chi connectivity index (χ0v) is 10.6. The molecule has 1 aromatic rings. The van der Waals surface area contributed by atoms with E-state index < -0.39 is 40.8 Å². The average Bonchev–Trinajstić information content (AvgIpc) is 2.25. The van der Waals surface area contributed by atoms with Crippen molar-refractivity contribution in [3.05, 3.63) is 28.8 Å². The maximum Gasteiger partial charge on any atom is 0.419 e. The van der Waals surface area contributed by atoms with Gasteiger partial charge in [-0.1, -0.05) is 0 Å². The highest BCUT2D eigenvalue weighted by Gasteiger charge is 2.43. The molecule has 0 radical (unpaired) electrons. The molecule has 0 aliphatic carbocycles. The molecule has 1 heterocycles. The smallest absolute Gasteiger partial charge is 0.419 e. The normalized spacial score (nSPS) is 18.9. The molecule has 0 saturated heterocycles. The molecule has 114 valence electrons. The van der Waals surface area contributed by atoms with E-state index in [9.17, 15) is 26.3 Å². The zero-order valence-electron chi connectivity index (χ0n) is 9.81. The summed E-state index contributed by atoms with van der Waals surface area (Å²) in [6.45, 7) is -0.140. The van der Waals surface area contributed by atoms with Crippen LogP contribution in [0.15, 0.2) is 12.1 Å². The molecule has 1 atom stereocenters. The lowest BCUT2D eigenvalue weighted by molar-refractivity contribution is -0.143. The molecule has 2 rings (SSSR count). The minimum absolute atomic E-state index is 0. The van der Waals surface area contributed by atoms with Crippen molar-refractivity contribution >= 4 is 12.4 Å². The monoisotopic (exact) mass is 321 g/mol. The number of nitrogens with two attached hydrogens (primary N) is 1. The second kappa shape index (κ2) is 5.33. The maximum atomic E-state index is 12.8. The molecule has 0 saturated carbocycles. The Bertz CT molecular complexity index is 499. The highest BCUT2D eigenvalue weighted by atomic mass is 35.5. The van der Waals surface area contributed by atoms with Crippen LogP contribution in [0.3, 0.4) is 0 Å². The van der Waals surface area contributed by atoms with Gasteiger partial charge in [-0.25, -0.2) is 0 Å². The third-order valence-corrected chi connectivity index (χ3v) is 2.85. The van der Waals surface area contributed by atoms with Crippen molar-refractivity contribution in [3.8, 4) is 5.75 Å². The summed E-state index contributed by atoms with van der Waals surface area (Å²) in [5.41, 5.74) is 2.48. The van der Waals surface area contributed by atoms with Crippen LogP contribution in [0, 0.1) is 0 Å². The van der Waals surface area contributed by atoms with Crippen molar-refractivity contribution in [3.63, 3.8) is 0 Å². The van der Waals surface area contributed by atoms with Gasteiger partial charge in [0.05, 0.1) is 17.7 Å². The van der Waals surface area contributed by atoms with Gasteiger partial charge in [-0.2, -0.15) is 26.3 Å². The minimum Gasteiger partial charge on any atom is -0.493 e. The van der Waals surface area contributed by atoms with Crippen molar-refractivity contribution < 1.29 is 31.1 Å². The fourth-order valence-corrected chi connectivity index (χ4v) is 2.03. The quantitative estimate of drug-likeness (QED) is 0.735. The molecule has 0 bridgehead atoms. The van der Waals surface area contributed by atoms with E-state index in [1.54, 1.807) is 0 Å². The van der Waals surface area contributed by atoms with Crippen molar-refractivity contribution in [2.24, 2.45) is 5.73 Å². The minimum atomic E-state index is -4.79. The molecule has 0 amide bonds. The summed E-state index contributed by atoms with van der Waals surface area (Å²) in [5.74, 6) is -0.805. The Hall–Kier alpha value is -1.15. The summed E-state index contributed by atoms with van der Waals surface area (Å²) < 4.78 is 81.3. The van der Waals surface area contributed by atoms with Gasteiger partial charge >= 0.3 is 12.4 Å². The Kier molecular flexibility index (Phi) is 4.50. The average molecular weight is 322 g/mol. The predicted octanol–water partition coefficient (Wildman–Crippen LogP) is 3.93. The van der Waals surface area contributed by atoms with Crippen LogP contribution < -0.4 is 10.5 Å². The van der Waals surface area contributed by atoms with Gasteiger partial charge in [-0.3, -0.25) is 0 Å². The third-order valence-electron chi connectivity index (χ3n) is 2.85. The topological polar surface area (TPSA) is 35.2 Å². The first kappa shape index (κ1) is 16.9. The second-order valence-electron chi connectivity index (χ2n) is 4.14. The zero-order chi connectivity index (χ0) is 14.4. The molecule has 1 aliphatic rings. The molecule has 0 fully saturated rings. The fraction of sp³-hybridized carbons (Fsp3) is 0.455. The molecule has 0 unspecified atom stereocenters. The number of alkyl halides is 6. The van der Waals surface area contributed by atoms with Gasteiger partial charge in [0.1, 0.15) is 5.75 Å². The third kappa shape index (κ3) is 2.95. The first-order valence-corrected chi connectivity index (χ1v) is 5.32. The van der Waals surface area contributed by atoms with Gasteiger partial charge < -0.3 is 10.5 Å². The molecule has 1 aromatic carbocycles. The van der Waals surface area contributed by atoms with E-state index in [-0.39, 0.29) is 25.4 Å². The van der Waals surface area contributed by atoms with Crippen LogP contribution in [0.4, 0.5) is 26.3 Å². The molecule has 9 heteroatoms. The Balaban J connectivity index is 0.00000200. The van der Waals surface area contributed by atoms with Gasteiger partial charge in [-0.15, -0.1) is 12.4 Å². The Morgan fingerprint density at radius 2 is 1.50 bits per heavy atom. The Morgan fingerprint density at radius 1 is 1.00 bits per heavy atom. The molecule has 20 heavy (non-hydrogen) atoms. The Morgan fingerprint density at radius 3 is 2.00 bits per heavy atom. The molecule has 1 aliphatic heterocycles. The van der Waals surface area contributed by atoms with Crippen LogP contribution in [0.2, 0.25) is 0 Å². The van der Waals surface area contributed by atoms with Crippen molar-refractivity contribution in [2.75, 3.05) is 6.61 Å². The van der Waals surface area contributed by atoms with E-state index in [1.165, 1.54) is 0 Å². The van der Waals surface area contributed by atoms with Crippen LogP contribution in [-0.2, 0) is 12.4 Å². The van der Waals surface area contributed by atoms with E-state index in [1.807, 2.05) is 0 Å². The number of benzene rings is 1. The van der Waals surface area contributed by atoms with Crippen LogP contribution in [0.1, 0.15) is 29.2 Å². The predicted molar refractivity (Wildman–Crippen MR) is 60.7 cm³/mol. The van der Waals surface area contributed by atoms with E-state index in [0.717, 1.165) is 0 Å². The standard InChI is InChI=1S/C11H9F6NO.ClH/c12-10(13,14)5-1-2-6(11(15,16)17)9-8(5)7(18)3-4-19-9;/h1-2,7H,3-4,18H2;1H/t7-;/m1./s1. The SMILES string of the molecule is Cl.N[C@@H]1CCOc2c(C(F)(F)F)ccc(C(F)(F)F)c21. The van der Waals surface area contributed by atoms with Crippen molar-refractivity contribution in [1.29, 1.82) is 0 Å². The van der Waals surface area contributed by atoms with E-state index in [2.05, 4.69) is 0 Å². The first-order chi connectivity index (χ1) is 8.62. The van der Waals surface area contributed by atoms with Crippen LogP contribution in [0.5, 0.6) is 5.75 Å².